The van der Waals surface area contributed by atoms with Crippen LogP contribution in [0.1, 0.15) is 26.2 Å². The highest BCUT2D eigenvalue weighted by atomic mass is 32.2. The lowest BCUT2D eigenvalue weighted by Gasteiger charge is -2.37. The first-order valence-electron chi connectivity index (χ1n) is 7.28. The van der Waals surface area contributed by atoms with Gasteiger partial charge in [-0.2, -0.15) is 0 Å². The molecule has 2 saturated heterocycles. The second-order valence-electron chi connectivity index (χ2n) is 5.79. The van der Waals surface area contributed by atoms with Gasteiger partial charge in [0, 0.05) is 32.7 Å². The summed E-state index contributed by atoms with van der Waals surface area (Å²) in [4.78, 5) is 2.44. The first-order chi connectivity index (χ1) is 8.99. The second-order valence-corrected chi connectivity index (χ2v) is 7.77. The summed E-state index contributed by atoms with van der Waals surface area (Å²) >= 11 is 0. The van der Waals surface area contributed by atoms with Gasteiger partial charge in [0.25, 0.3) is 0 Å². The largest absolute Gasteiger partial charge is 0.376 e. The van der Waals surface area contributed by atoms with E-state index in [-0.39, 0.29) is 0 Å². The third-order valence-electron chi connectivity index (χ3n) is 4.15. The minimum absolute atomic E-state index is 0.350. The molecule has 0 spiro atoms. The molecule has 0 amide bonds. The van der Waals surface area contributed by atoms with Crippen molar-refractivity contribution >= 4 is 10.0 Å². The summed E-state index contributed by atoms with van der Waals surface area (Å²) in [6, 6.07) is 0. The lowest BCUT2D eigenvalue weighted by atomic mass is 9.98. The monoisotopic (exact) mass is 290 g/mol. The van der Waals surface area contributed by atoms with Gasteiger partial charge in [0.1, 0.15) is 0 Å². The summed E-state index contributed by atoms with van der Waals surface area (Å²) in [5.74, 6) is 0.471. The number of nitrogens with zero attached hydrogens (tertiary/aromatic N) is 2. The van der Waals surface area contributed by atoms with E-state index in [4.69, 9.17) is 4.74 Å². The van der Waals surface area contributed by atoms with E-state index in [1.807, 2.05) is 0 Å². The van der Waals surface area contributed by atoms with Crippen LogP contribution in [0.15, 0.2) is 0 Å². The summed E-state index contributed by atoms with van der Waals surface area (Å²) in [5, 5.41) is 0. The molecule has 19 heavy (non-hydrogen) atoms. The fourth-order valence-electron chi connectivity index (χ4n) is 3.04. The Morgan fingerprint density at radius 2 is 2.05 bits per heavy atom. The summed E-state index contributed by atoms with van der Waals surface area (Å²) in [6.07, 6.45) is 4.84. The Morgan fingerprint density at radius 1 is 1.26 bits per heavy atom. The molecule has 6 heteroatoms. The zero-order valence-electron chi connectivity index (χ0n) is 12.0. The van der Waals surface area contributed by atoms with Crippen molar-refractivity contribution in [2.45, 2.75) is 32.3 Å². The number of ether oxygens (including phenoxy) is 1. The van der Waals surface area contributed by atoms with Crippen molar-refractivity contribution in [1.29, 1.82) is 0 Å². The van der Waals surface area contributed by atoms with E-state index in [1.54, 1.807) is 4.31 Å². The predicted octanol–water partition coefficient (Wildman–Crippen LogP) is 0.769. The van der Waals surface area contributed by atoms with E-state index < -0.39 is 10.0 Å². The molecule has 112 valence electrons. The van der Waals surface area contributed by atoms with Crippen LogP contribution >= 0.6 is 0 Å². The fourth-order valence-corrected chi connectivity index (χ4v) is 3.98. The smallest absolute Gasteiger partial charge is 0.211 e. The Morgan fingerprint density at radius 3 is 2.74 bits per heavy atom. The van der Waals surface area contributed by atoms with Gasteiger partial charge in [-0.1, -0.05) is 6.92 Å². The molecule has 2 aliphatic heterocycles. The van der Waals surface area contributed by atoms with Gasteiger partial charge in [-0.15, -0.1) is 0 Å². The quantitative estimate of drug-likeness (QED) is 0.767. The fraction of sp³-hybridized carbons (Fsp3) is 1.00. The molecular weight excluding hydrogens is 264 g/mol. The molecule has 2 rings (SSSR count). The topological polar surface area (TPSA) is 49.9 Å². The molecule has 2 aliphatic rings. The van der Waals surface area contributed by atoms with Gasteiger partial charge in [0.2, 0.25) is 10.0 Å². The van der Waals surface area contributed by atoms with Crippen LogP contribution in [0.5, 0.6) is 0 Å². The maximum atomic E-state index is 11.6. The zero-order valence-corrected chi connectivity index (χ0v) is 12.9. The number of hydrogen-bond donors (Lipinski definition) is 0. The van der Waals surface area contributed by atoms with E-state index in [2.05, 4.69) is 11.8 Å². The van der Waals surface area contributed by atoms with E-state index in [9.17, 15) is 8.42 Å². The Balaban J connectivity index is 1.85. The third kappa shape index (κ3) is 4.41. The molecule has 2 heterocycles. The molecule has 0 aromatic carbocycles. The number of rotatable bonds is 4. The highest BCUT2D eigenvalue weighted by Crippen LogP contribution is 2.21. The molecule has 0 bridgehead atoms. The minimum atomic E-state index is -3.02. The normalized spacial score (nSPS) is 31.5. The SMILES string of the molecule is CC[C@@H]1CN(C[C@@H]2CCCN(S(C)(=O)=O)C2)CCO1. The highest BCUT2D eigenvalue weighted by Gasteiger charge is 2.28. The average Bonchev–Trinajstić information content (AvgIpc) is 2.38. The molecule has 0 radical (unpaired) electrons. The van der Waals surface area contributed by atoms with Gasteiger partial charge < -0.3 is 4.74 Å². The Kier molecular flexibility index (Phi) is 5.22. The maximum absolute atomic E-state index is 11.6. The molecule has 0 unspecified atom stereocenters. The van der Waals surface area contributed by atoms with Crippen LogP contribution < -0.4 is 0 Å². The Labute approximate surface area is 117 Å². The van der Waals surface area contributed by atoms with Gasteiger partial charge in [0.05, 0.1) is 19.0 Å². The highest BCUT2D eigenvalue weighted by molar-refractivity contribution is 7.88. The van der Waals surface area contributed by atoms with Crippen molar-refractivity contribution in [3.8, 4) is 0 Å². The summed E-state index contributed by atoms with van der Waals surface area (Å²) in [6.45, 7) is 7.31. The lowest BCUT2D eigenvalue weighted by molar-refractivity contribution is -0.0359. The van der Waals surface area contributed by atoms with E-state index >= 15 is 0 Å². The van der Waals surface area contributed by atoms with E-state index in [0.717, 1.165) is 45.5 Å². The van der Waals surface area contributed by atoms with Gasteiger partial charge in [0.15, 0.2) is 0 Å². The summed E-state index contributed by atoms with van der Waals surface area (Å²) < 4.78 is 30.5. The summed E-state index contributed by atoms with van der Waals surface area (Å²) in [7, 11) is -3.02. The molecule has 0 N–H and O–H groups in total. The third-order valence-corrected chi connectivity index (χ3v) is 5.42. The Hall–Kier alpha value is -0.170. The molecule has 2 atom stereocenters. The molecule has 2 fully saturated rings. The van der Waals surface area contributed by atoms with Crippen LogP contribution in [0.3, 0.4) is 0 Å². The molecule has 0 saturated carbocycles. The van der Waals surface area contributed by atoms with Crippen LogP contribution in [0.4, 0.5) is 0 Å². The van der Waals surface area contributed by atoms with Crippen molar-refractivity contribution in [1.82, 2.24) is 9.21 Å². The molecule has 5 nitrogen and oxygen atoms in total. The van der Waals surface area contributed by atoms with Crippen molar-refractivity contribution in [3.05, 3.63) is 0 Å². The molecule has 0 aliphatic carbocycles. The van der Waals surface area contributed by atoms with Gasteiger partial charge >= 0.3 is 0 Å². The Bertz CT molecular complexity index is 385. The number of morpholine rings is 1. The van der Waals surface area contributed by atoms with E-state index in [0.29, 0.717) is 25.1 Å². The van der Waals surface area contributed by atoms with E-state index in [1.165, 1.54) is 6.26 Å². The molecule has 0 aromatic heterocycles. The molecule has 0 aromatic rings. The lowest BCUT2D eigenvalue weighted by Crippen LogP contribution is -2.48. The second kappa shape index (κ2) is 6.52. The van der Waals surface area contributed by atoms with Crippen molar-refractivity contribution in [2.75, 3.05) is 45.6 Å². The van der Waals surface area contributed by atoms with Crippen LogP contribution in [0.25, 0.3) is 0 Å². The minimum Gasteiger partial charge on any atom is -0.376 e. The van der Waals surface area contributed by atoms with Crippen molar-refractivity contribution in [3.63, 3.8) is 0 Å². The van der Waals surface area contributed by atoms with Gasteiger partial charge in [-0.3, -0.25) is 4.90 Å². The van der Waals surface area contributed by atoms with Crippen LogP contribution in [-0.4, -0.2) is 69.3 Å². The first kappa shape index (κ1) is 15.2. The first-order valence-corrected chi connectivity index (χ1v) is 9.13. The average molecular weight is 290 g/mol. The number of sulfonamides is 1. The van der Waals surface area contributed by atoms with Gasteiger partial charge in [-0.05, 0) is 25.2 Å². The zero-order chi connectivity index (χ0) is 13.9. The van der Waals surface area contributed by atoms with Gasteiger partial charge in [-0.25, -0.2) is 12.7 Å². The molecular formula is C13H26N2O3S. The maximum Gasteiger partial charge on any atom is 0.211 e. The van der Waals surface area contributed by atoms with Crippen LogP contribution in [0, 0.1) is 5.92 Å². The van der Waals surface area contributed by atoms with Crippen LogP contribution in [-0.2, 0) is 14.8 Å². The number of hydrogen-bond acceptors (Lipinski definition) is 4. The van der Waals surface area contributed by atoms with Crippen molar-refractivity contribution in [2.24, 2.45) is 5.92 Å². The predicted molar refractivity (Wildman–Crippen MR) is 75.6 cm³/mol. The summed E-state index contributed by atoms with van der Waals surface area (Å²) in [5.41, 5.74) is 0. The number of piperidine rings is 1. The van der Waals surface area contributed by atoms with Crippen molar-refractivity contribution < 1.29 is 13.2 Å². The standard InChI is InChI=1S/C13H26N2O3S/c1-3-13-11-14(7-8-18-13)9-12-5-4-6-15(10-12)19(2,16)17/h12-13H,3-11H2,1-2H3/t12-,13+/m0/s1. The van der Waals surface area contributed by atoms with Crippen LogP contribution in [0.2, 0.25) is 0 Å².